The van der Waals surface area contributed by atoms with Crippen LogP contribution in [0.1, 0.15) is 30.9 Å². The van der Waals surface area contributed by atoms with Crippen molar-refractivity contribution in [2.75, 3.05) is 6.61 Å². The van der Waals surface area contributed by atoms with Gasteiger partial charge in [0, 0.05) is 0 Å². The van der Waals surface area contributed by atoms with Crippen LogP contribution in [-0.4, -0.2) is 17.7 Å². The van der Waals surface area contributed by atoms with E-state index in [1.165, 1.54) is 0 Å². The van der Waals surface area contributed by atoms with Gasteiger partial charge in [-0.15, -0.1) is 0 Å². The highest BCUT2D eigenvalue weighted by atomic mass is 16.5. The number of hydrogen-bond donors (Lipinski definition) is 1. The molecule has 0 aromatic heterocycles. The molecule has 0 unspecified atom stereocenters. The Bertz CT molecular complexity index is 356. The minimum atomic E-state index is -0.953. The van der Waals surface area contributed by atoms with Gasteiger partial charge in [-0.1, -0.05) is 26.0 Å². The molecule has 0 saturated heterocycles. The second-order valence-electron chi connectivity index (χ2n) is 3.88. The monoisotopic (exact) mass is 208 g/mol. The first-order chi connectivity index (χ1) is 7.00. The number of aliphatic carboxylic acids is 1. The molecule has 3 nitrogen and oxygen atoms in total. The molecule has 0 heterocycles. The van der Waals surface area contributed by atoms with E-state index in [1.807, 2.05) is 25.1 Å². The zero-order chi connectivity index (χ0) is 11.4. The van der Waals surface area contributed by atoms with Crippen LogP contribution in [0.2, 0.25) is 0 Å². The van der Waals surface area contributed by atoms with E-state index in [4.69, 9.17) is 9.84 Å². The van der Waals surface area contributed by atoms with Crippen LogP contribution in [0.5, 0.6) is 5.75 Å². The summed E-state index contributed by atoms with van der Waals surface area (Å²) in [6, 6.07) is 5.86. The van der Waals surface area contributed by atoms with E-state index in [0.717, 1.165) is 11.1 Å². The van der Waals surface area contributed by atoms with Gasteiger partial charge in [0.1, 0.15) is 5.75 Å². The second kappa shape index (κ2) is 4.82. The molecule has 1 aromatic carbocycles. The van der Waals surface area contributed by atoms with Gasteiger partial charge in [-0.2, -0.15) is 0 Å². The van der Waals surface area contributed by atoms with E-state index in [2.05, 4.69) is 13.8 Å². The Morgan fingerprint density at radius 3 is 2.67 bits per heavy atom. The van der Waals surface area contributed by atoms with Crippen molar-refractivity contribution in [1.29, 1.82) is 0 Å². The quantitative estimate of drug-likeness (QED) is 0.827. The molecular weight excluding hydrogens is 192 g/mol. The summed E-state index contributed by atoms with van der Waals surface area (Å²) in [5.74, 6) is 0.0491. The third-order valence-corrected chi connectivity index (χ3v) is 2.14. The normalized spacial score (nSPS) is 10.4. The topological polar surface area (TPSA) is 46.5 Å². The molecule has 0 aliphatic rings. The number of rotatable bonds is 4. The van der Waals surface area contributed by atoms with E-state index < -0.39 is 5.97 Å². The van der Waals surface area contributed by atoms with Crippen LogP contribution >= 0.6 is 0 Å². The van der Waals surface area contributed by atoms with Crippen LogP contribution in [0, 0.1) is 6.92 Å². The fraction of sp³-hybridized carbons (Fsp3) is 0.417. The summed E-state index contributed by atoms with van der Waals surface area (Å²) in [6.45, 7) is 5.78. The molecule has 15 heavy (non-hydrogen) atoms. The predicted octanol–water partition coefficient (Wildman–Crippen LogP) is 2.58. The predicted molar refractivity (Wildman–Crippen MR) is 58.4 cm³/mol. The summed E-state index contributed by atoms with van der Waals surface area (Å²) in [6.07, 6.45) is 0. The molecule has 3 heteroatoms. The van der Waals surface area contributed by atoms with Gasteiger partial charge in [-0.05, 0) is 30.0 Å². The van der Waals surface area contributed by atoms with Crippen LogP contribution in [0.15, 0.2) is 18.2 Å². The van der Waals surface area contributed by atoms with Gasteiger partial charge in [0.05, 0.1) is 0 Å². The lowest BCUT2D eigenvalue weighted by Gasteiger charge is -2.13. The van der Waals surface area contributed by atoms with Crippen LogP contribution < -0.4 is 4.74 Å². The molecular formula is C12H16O3. The lowest BCUT2D eigenvalue weighted by atomic mass is 10.0. The van der Waals surface area contributed by atoms with Gasteiger partial charge in [0.15, 0.2) is 6.61 Å². The van der Waals surface area contributed by atoms with Crippen molar-refractivity contribution < 1.29 is 14.6 Å². The van der Waals surface area contributed by atoms with Crippen molar-refractivity contribution in [2.24, 2.45) is 0 Å². The Morgan fingerprint density at radius 1 is 1.47 bits per heavy atom. The maximum Gasteiger partial charge on any atom is 0.341 e. The van der Waals surface area contributed by atoms with Crippen LogP contribution in [0.25, 0.3) is 0 Å². The first-order valence-corrected chi connectivity index (χ1v) is 4.96. The van der Waals surface area contributed by atoms with E-state index in [-0.39, 0.29) is 6.61 Å². The Hall–Kier alpha value is -1.51. The zero-order valence-corrected chi connectivity index (χ0v) is 9.28. The average molecular weight is 208 g/mol. The highest BCUT2D eigenvalue weighted by Gasteiger charge is 2.09. The van der Waals surface area contributed by atoms with Crippen LogP contribution in [-0.2, 0) is 4.79 Å². The smallest absolute Gasteiger partial charge is 0.341 e. The molecule has 0 bridgehead atoms. The van der Waals surface area contributed by atoms with Gasteiger partial charge in [0.25, 0.3) is 0 Å². The molecule has 0 amide bonds. The summed E-state index contributed by atoms with van der Waals surface area (Å²) in [7, 11) is 0. The van der Waals surface area contributed by atoms with Crippen LogP contribution in [0.3, 0.4) is 0 Å². The maximum atomic E-state index is 10.4. The zero-order valence-electron chi connectivity index (χ0n) is 9.28. The maximum absolute atomic E-state index is 10.4. The van der Waals surface area contributed by atoms with Crippen molar-refractivity contribution in [2.45, 2.75) is 26.7 Å². The Kier molecular flexibility index (Phi) is 3.72. The standard InChI is InChI=1S/C12H16O3/c1-8(2)10-5-4-9(3)6-11(10)15-7-12(13)14/h4-6,8H,7H2,1-3H3,(H,13,14). The fourth-order valence-electron chi connectivity index (χ4n) is 1.38. The Balaban J connectivity index is 2.91. The van der Waals surface area contributed by atoms with Gasteiger partial charge >= 0.3 is 5.97 Å². The summed E-state index contributed by atoms with van der Waals surface area (Å²) >= 11 is 0. The van der Waals surface area contributed by atoms with Gasteiger partial charge in [0.2, 0.25) is 0 Å². The molecule has 0 fully saturated rings. The molecule has 0 aliphatic carbocycles. The summed E-state index contributed by atoms with van der Waals surface area (Å²) < 4.78 is 5.24. The summed E-state index contributed by atoms with van der Waals surface area (Å²) in [4.78, 5) is 10.4. The van der Waals surface area contributed by atoms with E-state index in [9.17, 15) is 4.79 Å². The van der Waals surface area contributed by atoms with Crippen molar-refractivity contribution in [3.8, 4) is 5.75 Å². The average Bonchev–Trinajstić information content (AvgIpc) is 2.14. The lowest BCUT2D eigenvalue weighted by Crippen LogP contribution is -2.11. The molecule has 0 aliphatic heterocycles. The first-order valence-electron chi connectivity index (χ1n) is 4.96. The Labute approximate surface area is 89.7 Å². The minimum absolute atomic E-state index is 0.289. The number of hydrogen-bond acceptors (Lipinski definition) is 2. The summed E-state index contributed by atoms with van der Waals surface area (Å²) in [5, 5.41) is 8.55. The highest BCUT2D eigenvalue weighted by Crippen LogP contribution is 2.27. The number of aryl methyl sites for hydroxylation is 1. The molecule has 0 radical (unpaired) electrons. The summed E-state index contributed by atoms with van der Waals surface area (Å²) in [5.41, 5.74) is 2.11. The number of benzene rings is 1. The molecule has 0 saturated carbocycles. The molecule has 0 spiro atoms. The Morgan fingerprint density at radius 2 is 2.13 bits per heavy atom. The molecule has 1 N–H and O–H groups in total. The fourth-order valence-corrected chi connectivity index (χ4v) is 1.38. The SMILES string of the molecule is Cc1ccc(C(C)C)c(OCC(=O)O)c1. The first kappa shape index (κ1) is 11.6. The van der Waals surface area contributed by atoms with E-state index in [1.54, 1.807) is 0 Å². The largest absolute Gasteiger partial charge is 0.482 e. The number of carboxylic acid groups (broad SMARTS) is 1. The minimum Gasteiger partial charge on any atom is -0.482 e. The highest BCUT2D eigenvalue weighted by molar-refractivity contribution is 5.68. The van der Waals surface area contributed by atoms with E-state index in [0.29, 0.717) is 11.7 Å². The molecule has 82 valence electrons. The third-order valence-electron chi connectivity index (χ3n) is 2.14. The third kappa shape index (κ3) is 3.27. The van der Waals surface area contributed by atoms with Crippen LogP contribution in [0.4, 0.5) is 0 Å². The number of ether oxygens (including phenoxy) is 1. The number of carbonyl (C=O) groups is 1. The molecule has 1 aromatic rings. The van der Waals surface area contributed by atoms with Gasteiger partial charge in [-0.25, -0.2) is 4.79 Å². The molecule has 0 atom stereocenters. The van der Waals surface area contributed by atoms with Crippen molar-refractivity contribution >= 4 is 5.97 Å². The lowest BCUT2D eigenvalue weighted by molar-refractivity contribution is -0.139. The second-order valence-corrected chi connectivity index (χ2v) is 3.88. The van der Waals surface area contributed by atoms with E-state index >= 15 is 0 Å². The van der Waals surface area contributed by atoms with Gasteiger partial charge in [-0.3, -0.25) is 0 Å². The number of carboxylic acids is 1. The van der Waals surface area contributed by atoms with Crippen molar-refractivity contribution in [1.82, 2.24) is 0 Å². The molecule has 1 rings (SSSR count). The van der Waals surface area contributed by atoms with Gasteiger partial charge < -0.3 is 9.84 Å². The van der Waals surface area contributed by atoms with Crippen molar-refractivity contribution in [3.63, 3.8) is 0 Å². The van der Waals surface area contributed by atoms with Crippen molar-refractivity contribution in [3.05, 3.63) is 29.3 Å².